The first kappa shape index (κ1) is 47.2. The summed E-state index contributed by atoms with van der Waals surface area (Å²) in [6, 6.07) is 32.0. The summed E-state index contributed by atoms with van der Waals surface area (Å²) in [5.41, 5.74) is 5.53. The zero-order chi connectivity index (χ0) is 45.6. The number of hydrogen-bond acceptors (Lipinski definition) is 11. The van der Waals surface area contributed by atoms with Gasteiger partial charge in [0.05, 0.1) is 49.7 Å². The van der Waals surface area contributed by atoms with Gasteiger partial charge in [0.15, 0.2) is 0 Å². The lowest BCUT2D eigenvalue weighted by Gasteiger charge is -2.60. The van der Waals surface area contributed by atoms with Gasteiger partial charge in [-0.3, -0.25) is 4.79 Å². The first-order valence-electron chi connectivity index (χ1n) is 22.9. The van der Waals surface area contributed by atoms with Crippen LogP contribution < -0.4 is 9.47 Å². The number of rotatable bonds is 23. The number of aliphatic hydroxyl groups excluding tert-OH is 3. The smallest absolute Gasteiger partial charge is 0.254 e. The van der Waals surface area contributed by atoms with Crippen molar-refractivity contribution in [3.05, 3.63) is 138 Å². The molecule has 0 bridgehead atoms. The van der Waals surface area contributed by atoms with Crippen LogP contribution in [0, 0.1) is 29.1 Å². The van der Waals surface area contributed by atoms with Crippen LogP contribution >= 0.6 is 0 Å². The van der Waals surface area contributed by atoms with E-state index >= 15 is 4.79 Å². The summed E-state index contributed by atoms with van der Waals surface area (Å²) in [4.78, 5) is 22.6. The normalized spacial score (nSPS) is 22.4. The second-order valence-electron chi connectivity index (χ2n) is 16.7. The molecule has 0 radical (unpaired) electrons. The maximum absolute atomic E-state index is 15.0. The number of fused-ring (bicyclic) bond motifs is 2. The third-order valence-corrected chi connectivity index (χ3v) is 12.8. The maximum atomic E-state index is 15.0. The molecule has 6 atom stereocenters. The quantitative estimate of drug-likeness (QED) is 0.0373. The second kappa shape index (κ2) is 22.9. The van der Waals surface area contributed by atoms with Crippen molar-refractivity contribution in [3.8, 4) is 34.4 Å². The molecule has 1 heterocycles. The fraction of sp³-hybridized carbons (Fsp3) is 0.415. The highest BCUT2D eigenvalue weighted by Crippen LogP contribution is 2.62. The molecular formula is C53H61N3O9. The second-order valence-corrected chi connectivity index (χ2v) is 16.7. The first-order chi connectivity index (χ1) is 31.9. The van der Waals surface area contributed by atoms with E-state index in [0.717, 1.165) is 47.9 Å². The zero-order valence-corrected chi connectivity index (χ0v) is 37.2. The SMILES string of the molecule is C=CCO[C@@]12Oc3ccc(Oc4ccc(-c5ccccc5)cc4)cc3[C@H]3[C@H](CCCCO)[C@@H](CCCCO)C=C(C(=NOCC)C[C@@H]1N(CCOCCO)C(=O)c1ccc(C#N)cc1)[C@H]32. The number of allylic oxidation sites excluding steroid dienone is 1. The van der Waals surface area contributed by atoms with Gasteiger partial charge >= 0.3 is 0 Å². The molecule has 4 aromatic rings. The molecule has 3 N–H and O–H groups in total. The number of aliphatic hydroxyl groups is 3. The van der Waals surface area contributed by atoms with Gasteiger partial charge in [0.2, 0.25) is 5.79 Å². The molecule has 342 valence electrons. The third-order valence-electron chi connectivity index (χ3n) is 12.8. The van der Waals surface area contributed by atoms with E-state index in [1.807, 2.05) is 61.5 Å². The van der Waals surface area contributed by atoms with Crippen LogP contribution in [0.5, 0.6) is 17.2 Å². The summed E-state index contributed by atoms with van der Waals surface area (Å²) in [7, 11) is 0. The minimum Gasteiger partial charge on any atom is -0.459 e. The van der Waals surface area contributed by atoms with Crippen molar-refractivity contribution in [2.45, 2.75) is 69.6 Å². The van der Waals surface area contributed by atoms with Crippen molar-refractivity contribution in [2.75, 3.05) is 52.8 Å². The van der Waals surface area contributed by atoms with Crippen LogP contribution in [0.4, 0.5) is 0 Å². The molecule has 3 aliphatic rings. The van der Waals surface area contributed by atoms with Crippen molar-refractivity contribution >= 4 is 11.6 Å². The van der Waals surface area contributed by atoms with E-state index in [9.17, 15) is 20.6 Å². The van der Waals surface area contributed by atoms with Crippen LogP contribution in [0.2, 0.25) is 0 Å². The van der Waals surface area contributed by atoms with Crippen molar-refractivity contribution in [3.63, 3.8) is 0 Å². The van der Waals surface area contributed by atoms with Gasteiger partial charge in [-0.25, -0.2) is 0 Å². The molecule has 1 amide bonds. The Hall–Kier alpha value is -5.81. The van der Waals surface area contributed by atoms with Gasteiger partial charge in [-0.1, -0.05) is 72.6 Å². The lowest BCUT2D eigenvalue weighted by molar-refractivity contribution is -0.254. The van der Waals surface area contributed by atoms with E-state index in [0.29, 0.717) is 53.5 Å². The lowest BCUT2D eigenvalue weighted by Crippen LogP contribution is -2.70. The van der Waals surface area contributed by atoms with Crippen LogP contribution in [0.3, 0.4) is 0 Å². The molecule has 1 aliphatic heterocycles. The number of amides is 1. The predicted octanol–water partition coefficient (Wildman–Crippen LogP) is 8.82. The standard InChI is InChI=1S/C53H61N3O9/c1-3-30-62-53-49(56(26-31-61-32-29-59)52(60)40-18-16-37(36-54)17-19-40)35-47(55-63-4-2)45-33-41(14-8-10-27-57)44(15-9-11-28-58)50(51(45)53)46-34-43(24-25-48(46)65-53)64-42-22-20-39(21-23-42)38-12-6-5-7-13-38/h3,5-7,12-13,16-25,33-34,41,44,49-51,57-59H,1,4,8-11,14-15,26-32,35H2,2H3/t41-,44+,49-,50+,51+,53+/m0/s1. The Kier molecular flexibility index (Phi) is 16.6. The van der Waals surface area contributed by atoms with E-state index < -0.39 is 17.7 Å². The monoisotopic (exact) mass is 883 g/mol. The van der Waals surface area contributed by atoms with Crippen LogP contribution in [0.25, 0.3) is 11.1 Å². The highest BCUT2D eigenvalue weighted by molar-refractivity contribution is 6.03. The van der Waals surface area contributed by atoms with Gasteiger partial charge in [0, 0.05) is 43.2 Å². The predicted molar refractivity (Wildman–Crippen MR) is 249 cm³/mol. The number of unbranched alkanes of at least 4 members (excludes halogenated alkanes) is 2. The van der Waals surface area contributed by atoms with E-state index in [-0.39, 0.29) is 76.3 Å². The van der Waals surface area contributed by atoms with Crippen molar-refractivity contribution in [2.24, 2.45) is 22.9 Å². The van der Waals surface area contributed by atoms with Crippen LogP contribution in [0.1, 0.15) is 79.3 Å². The third kappa shape index (κ3) is 10.7. The van der Waals surface area contributed by atoms with Gasteiger partial charge in [-0.2, -0.15) is 5.26 Å². The van der Waals surface area contributed by atoms with Crippen LogP contribution in [-0.2, 0) is 14.3 Å². The molecule has 0 unspecified atom stereocenters. The fourth-order valence-electron chi connectivity index (χ4n) is 9.92. The molecule has 7 rings (SSSR count). The zero-order valence-electron chi connectivity index (χ0n) is 37.2. The highest BCUT2D eigenvalue weighted by Gasteiger charge is 2.65. The number of nitriles is 1. The Morgan fingerprint density at radius 2 is 1.63 bits per heavy atom. The van der Waals surface area contributed by atoms with Gasteiger partial charge in [-0.05, 0) is 116 Å². The van der Waals surface area contributed by atoms with Crippen LogP contribution in [-0.4, -0.2) is 96.5 Å². The summed E-state index contributed by atoms with van der Waals surface area (Å²) in [6.07, 6.45) is 8.68. The summed E-state index contributed by atoms with van der Waals surface area (Å²) in [5.74, 6) is -0.579. The molecule has 0 spiro atoms. The minimum absolute atomic E-state index is 0.0198. The van der Waals surface area contributed by atoms with E-state index in [4.69, 9.17) is 28.9 Å². The Bertz CT molecular complexity index is 2290. The molecule has 65 heavy (non-hydrogen) atoms. The summed E-state index contributed by atoms with van der Waals surface area (Å²) in [6.45, 7) is 6.67. The van der Waals surface area contributed by atoms with Crippen molar-refractivity contribution in [1.29, 1.82) is 5.26 Å². The van der Waals surface area contributed by atoms with Gasteiger partial charge in [0.25, 0.3) is 5.91 Å². The number of ether oxygens (including phenoxy) is 4. The number of oxime groups is 1. The number of carbonyl (C=O) groups excluding carboxylic acids is 1. The van der Waals surface area contributed by atoms with E-state index in [1.54, 1.807) is 35.2 Å². The molecule has 0 aromatic heterocycles. The Morgan fingerprint density at radius 3 is 2.32 bits per heavy atom. The fourth-order valence-corrected chi connectivity index (χ4v) is 9.92. The lowest BCUT2D eigenvalue weighted by atomic mass is 9.55. The van der Waals surface area contributed by atoms with Crippen molar-refractivity contribution < 1.29 is 43.9 Å². The average Bonchev–Trinajstić information content (AvgIpc) is 3.34. The van der Waals surface area contributed by atoms with Crippen LogP contribution in [0.15, 0.2) is 127 Å². The minimum atomic E-state index is -1.48. The van der Waals surface area contributed by atoms with Crippen molar-refractivity contribution in [1.82, 2.24) is 4.90 Å². The van der Waals surface area contributed by atoms with Gasteiger partial charge in [0.1, 0.15) is 29.9 Å². The molecule has 1 saturated carbocycles. The largest absolute Gasteiger partial charge is 0.459 e. The number of benzene rings is 4. The molecule has 2 aliphatic carbocycles. The van der Waals surface area contributed by atoms with E-state index in [2.05, 4.69) is 36.9 Å². The number of hydrogen-bond donors (Lipinski definition) is 3. The molecule has 12 heteroatoms. The summed E-state index contributed by atoms with van der Waals surface area (Å²) < 4.78 is 26.9. The maximum Gasteiger partial charge on any atom is 0.254 e. The molecule has 12 nitrogen and oxygen atoms in total. The Balaban J connectivity index is 1.41. The van der Waals surface area contributed by atoms with Gasteiger partial charge < -0.3 is 44.0 Å². The summed E-state index contributed by atoms with van der Waals surface area (Å²) in [5, 5.41) is 43.9. The highest BCUT2D eigenvalue weighted by atomic mass is 16.7. The topological polar surface area (TPSA) is 163 Å². The molecular weight excluding hydrogens is 823 g/mol. The van der Waals surface area contributed by atoms with Gasteiger partial charge in [-0.15, -0.1) is 6.58 Å². The molecule has 0 saturated heterocycles. The Labute approximate surface area is 382 Å². The Morgan fingerprint density at radius 1 is 0.908 bits per heavy atom. The van der Waals surface area contributed by atoms with E-state index in [1.165, 1.54) is 0 Å². The number of carbonyl (C=O) groups is 1. The molecule has 4 aromatic carbocycles. The average molecular weight is 884 g/mol. The summed E-state index contributed by atoms with van der Waals surface area (Å²) >= 11 is 0. The first-order valence-corrected chi connectivity index (χ1v) is 22.9. The number of nitrogens with zero attached hydrogens (tertiary/aromatic N) is 3. The molecule has 1 fully saturated rings.